The number of hydrogen-bond donors (Lipinski definition) is 1. The molecule has 2 aromatic rings. The second-order valence-electron chi connectivity index (χ2n) is 7.18. The van der Waals surface area contributed by atoms with Crippen molar-refractivity contribution in [3.8, 4) is 0 Å². The van der Waals surface area contributed by atoms with Crippen LogP contribution in [0.25, 0.3) is 11.1 Å². The molecule has 0 unspecified atom stereocenters. The van der Waals surface area contributed by atoms with Crippen LogP contribution in [0.3, 0.4) is 0 Å². The molecule has 0 saturated heterocycles. The first-order valence-electron chi connectivity index (χ1n) is 8.55. The average Bonchev–Trinajstić information content (AvgIpc) is 3.11. The number of alkyl halides is 3. The number of aliphatic hydroxyl groups excluding tert-OH is 1. The molecule has 3 rings (SSSR count). The number of benzene rings is 1. The third kappa shape index (κ3) is 3.67. The topological polar surface area (TPSA) is 49.5 Å². The van der Waals surface area contributed by atoms with E-state index in [1.54, 1.807) is 6.07 Å². The predicted molar refractivity (Wildman–Crippen MR) is 88.2 cm³/mol. The van der Waals surface area contributed by atoms with Crippen molar-refractivity contribution >= 4 is 11.1 Å². The molecule has 7 heteroatoms. The summed E-state index contributed by atoms with van der Waals surface area (Å²) in [7, 11) is 1.83. The number of oxazole rings is 1. The Kier molecular flexibility index (Phi) is 4.81. The van der Waals surface area contributed by atoms with Crippen LogP contribution in [0.2, 0.25) is 0 Å². The quantitative estimate of drug-likeness (QED) is 0.887. The van der Waals surface area contributed by atoms with E-state index < -0.39 is 17.8 Å². The molecule has 4 nitrogen and oxygen atoms in total. The van der Waals surface area contributed by atoms with E-state index in [4.69, 9.17) is 4.42 Å². The Morgan fingerprint density at radius 3 is 2.60 bits per heavy atom. The van der Waals surface area contributed by atoms with Gasteiger partial charge in [0, 0.05) is 18.5 Å². The Hall–Kier alpha value is -1.60. The van der Waals surface area contributed by atoms with E-state index >= 15 is 0 Å². The van der Waals surface area contributed by atoms with Crippen molar-refractivity contribution in [2.75, 3.05) is 7.05 Å². The lowest BCUT2D eigenvalue weighted by Crippen LogP contribution is -2.37. The maximum Gasteiger partial charge on any atom is 0.420 e. The Balaban J connectivity index is 1.98. The van der Waals surface area contributed by atoms with Crippen molar-refractivity contribution in [2.24, 2.45) is 0 Å². The lowest BCUT2D eigenvalue weighted by molar-refractivity contribution is -0.136. The number of halogens is 3. The van der Waals surface area contributed by atoms with E-state index in [1.165, 1.54) is 0 Å². The average molecular weight is 356 g/mol. The number of nitrogens with zero attached hydrogens (tertiary/aromatic N) is 2. The molecule has 138 valence electrons. The van der Waals surface area contributed by atoms with Crippen molar-refractivity contribution in [1.29, 1.82) is 0 Å². The van der Waals surface area contributed by atoms with Crippen LogP contribution in [0.1, 0.15) is 56.0 Å². The lowest BCUT2D eigenvalue weighted by atomic mass is 10.1. The summed E-state index contributed by atoms with van der Waals surface area (Å²) in [6.07, 6.45) is -2.40. The van der Waals surface area contributed by atoms with Crippen LogP contribution in [0.4, 0.5) is 13.2 Å². The lowest BCUT2D eigenvalue weighted by Gasteiger charge is -2.27. The highest BCUT2D eigenvalue weighted by atomic mass is 19.4. The Morgan fingerprint density at radius 2 is 2.04 bits per heavy atom. The van der Waals surface area contributed by atoms with Gasteiger partial charge in [0.05, 0.1) is 6.10 Å². The largest absolute Gasteiger partial charge is 0.440 e. The maximum atomic E-state index is 13.5. The summed E-state index contributed by atoms with van der Waals surface area (Å²) in [6.45, 7) is 3.98. The van der Waals surface area contributed by atoms with Crippen molar-refractivity contribution < 1.29 is 22.7 Å². The number of rotatable bonds is 4. The summed E-state index contributed by atoms with van der Waals surface area (Å²) in [6, 6.07) is 2.77. The fourth-order valence-corrected chi connectivity index (χ4v) is 3.50. The Bertz CT molecular complexity index is 755. The molecule has 1 aliphatic rings. The van der Waals surface area contributed by atoms with E-state index in [0.29, 0.717) is 18.0 Å². The summed E-state index contributed by atoms with van der Waals surface area (Å²) >= 11 is 0. The Morgan fingerprint density at radius 1 is 1.32 bits per heavy atom. The molecular weight excluding hydrogens is 333 g/mol. The third-order valence-corrected chi connectivity index (χ3v) is 4.81. The molecule has 1 heterocycles. The molecule has 2 atom stereocenters. The number of aromatic nitrogens is 1. The van der Waals surface area contributed by atoms with Crippen molar-refractivity contribution in [2.45, 2.75) is 63.9 Å². The molecule has 1 fully saturated rings. The fraction of sp³-hybridized carbons (Fsp3) is 0.611. The summed E-state index contributed by atoms with van der Waals surface area (Å²) in [4.78, 5) is 6.15. The predicted octanol–water partition coefficient (Wildman–Crippen LogP) is 4.32. The molecule has 1 aliphatic carbocycles. The Labute approximate surface area is 144 Å². The first-order valence-corrected chi connectivity index (χ1v) is 8.55. The third-order valence-electron chi connectivity index (χ3n) is 4.81. The number of fused-ring (bicyclic) bond motifs is 1. The van der Waals surface area contributed by atoms with Gasteiger partial charge in [-0.25, -0.2) is 4.98 Å². The van der Waals surface area contributed by atoms with Gasteiger partial charge in [0.25, 0.3) is 0 Å². The molecule has 1 N–H and O–H groups in total. The molecule has 25 heavy (non-hydrogen) atoms. The monoisotopic (exact) mass is 356 g/mol. The molecule has 1 saturated carbocycles. The molecule has 0 amide bonds. The molecule has 1 aromatic heterocycles. The van der Waals surface area contributed by atoms with Crippen LogP contribution in [0.15, 0.2) is 16.5 Å². The summed E-state index contributed by atoms with van der Waals surface area (Å²) in [5.41, 5.74) is -0.248. The molecule has 1 aromatic carbocycles. The van der Waals surface area contributed by atoms with Gasteiger partial charge in [-0.15, -0.1) is 0 Å². The van der Waals surface area contributed by atoms with Gasteiger partial charge in [-0.1, -0.05) is 13.8 Å². The zero-order valence-corrected chi connectivity index (χ0v) is 14.6. The van der Waals surface area contributed by atoms with Crippen LogP contribution in [0, 0.1) is 0 Å². The first kappa shape index (κ1) is 18.2. The maximum absolute atomic E-state index is 13.5. The summed E-state index contributed by atoms with van der Waals surface area (Å²) in [5, 5.41) is 10.0. The first-order chi connectivity index (χ1) is 11.7. The van der Waals surface area contributed by atoms with Gasteiger partial charge in [-0.3, -0.25) is 4.90 Å². The van der Waals surface area contributed by atoms with E-state index in [1.807, 2.05) is 25.8 Å². The molecular formula is C18H23F3N2O2. The van der Waals surface area contributed by atoms with Gasteiger partial charge in [0.15, 0.2) is 11.5 Å². The van der Waals surface area contributed by atoms with Crippen molar-refractivity contribution in [3.63, 3.8) is 0 Å². The highest BCUT2D eigenvalue weighted by Crippen LogP contribution is 2.37. The zero-order valence-electron chi connectivity index (χ0n) is 14.6. The summed E-state index contributed by atoms with van der Waals surface area (Å²) in [5.74, 6) is 0.213. The normalized spacial score (nSPS) is 21.8. The van der Waals surface area contributed by atoms with Crippen molar-refractivity contribution in [3.05, 3.63) is 29.2 Å². The van der Waals surface area contributed by atoms with Gasteiger partial charge in [-0.2, -0.15) is 13.2 Å². The van der Waals surface area contributed by atoms with Crippen LogP contribution >= 0.6 is 0 Å². The standard InChI is InChI=1S/C18H23F3N2O2/c1-10(2)17-22-13-8-11(7-12(16(13)25-17)18(19,20)21)9-23(3)14-5-4-6-15(14)24/h7-8,10,14-15,24H,4-6,9H2,1-3H3/t14-,15+/m0/s1. The van der Waals surface area contributed by atoms with Gasteiger partial charge in [0.1, 0.15) is 11.1 Å². The van der Waals surface area contributed by atoms with Crippen LogP contribution < -0.4 is 0 Å². The SMILES string of the molecule is CC(C)c1nc2cc(CN(C)[C@H]3CCC[C@H]3O)cc(C(F)(F)F)c2o1. The minimum absolute atomic E-state index is 0.0198. The van der Waals surface area contributed by atoms with Crippen molar-refractivity contribution in [1.82, 2.24) is 9.88 Å². The van der Waals surface area contributed by atoms with Crippen LogP contribution in [-0.2, 0) is 12.7 Å². The number of aliphatic hydroxyl groups is 1. The van der Waals surface area contributed by atoms with E-state index in [0.717, 1.165) is 25.3 Å². The van der Waals surface area contributed by atoms with Gasteiger partial charge < -0.3 is 9.52 Å². The fourth-order valence-electron chi connectivity index (χ4n) is 3.50. The van der Waals surface area contributed by atoms with E-state index in [2.05, 4.69) is 4.98 Å². The minimum atomic E-state index is -4.51. The second-order valence-corrected chi connectivity index (χ2v) is 7.18. The van der Waals surface area contributed by atoms with Crippen LogP contribution in [0.5, 0.6) is 0 Å². The van der Waals surface area contributed by atoms with Gasteiger partial charge in [-0.05, 0) is 44.0 Å². The van der Waals surface area contributed by atoms with Gasteiger partial charge >= 0.3 is 6.18 Å². The molecule has 0 spiro atoms. The molecule has 0 bridgehead atoms. The molecule has 0 radical (unpaired) electrons. The minimum Gasteiger partial charge on any atom is -0.440 e. The number of hydrogen-bond acceptors (Lipinski definition) is 4. The second kappa shape index (κ2) is 6.61. The summed E-state index contributed by atoms with van der Waals surface area (Å²) < 4.78 is 45.8. The molecule has 0 aliphatic heterocycles. The van der Waals surface area contributed by atoms with Crippen LogP contribution in [-0.4, -0.2) is 34.2 Å². The number of likely N-dealkylation sites (N-methyl/N-ethyl adjacent to an activating group) is 1. The zero-order chi connectivity index (χ0) is 18.4. The highest BCUT2D eigenvalue weighted by molar-refractivity contribution is 5.78. The van der Waals surface area contributed by atoms with Gasteiger partial charge in [0.2, 0.25) is 0 Å². The smallest absolute Gasteiger partial charge is 0.420 e. The van der Waals surface area contributed by atoms with E-state index in [9.17, 15) is 18.3 Å². The van der Waals surface area contributed by atoms with E-state index in [-0.39, 0.29) is 23.1 Å². The highest BCUT2D eigenvalue weighted by Gasteiger charge is 2.36.